The molecule has 0 aliphatic carbocycles. The second-order valence-corrected chi connectivity index (χ2v) is 10.7. The Hall–Kier alpha value is -3.25. The zero-order valence-corrected chi connectivity index (χ0v) is 21.9. The van der Waals surface area contributed by atoms with Crippen molar-refractivity contribution in [1.29, 1.82) is 5.26 Å². The standard InChI is InChI=1S/C29H34N4O4/c1-6-7-35-27-16(4)28-29(37-13-36-28)24-18(27)10-20-25-23-17(8-14(2)15(3)26(23)34)9-19(32(25)5)21(11-30)33(20)22(24)12-31/h6,8,19-22,25,34H,1,7,9-10,12-13,31H2,2-5H3/t19-,20?,21-,22-,25?/m0/s1. The van der Waals surface area contributed by atoms with Crippen molar-refractivity contribution < 1.29 is 19.3 Å². The van der Waals surface area contributed by atoms with Gasteiger partial charge in [-0.05, 0) is 57.4 Å². The van der Waals surface area contributed by atoms with E-state index in [1.807, 2.05) is 20.8 Å². The Labute approximate surface area is 217 Å². The maximum absolute atomic E-state index is 11.4. The average Bonchev–Trinajstić information content (AvgIpc) is 3.37. The van der Waals surface area contributed by atoms with Gasteiger partial charge in [-0.1, -0.05) is 18.7 Å². The van der Waals surface area contributed by atoms with E-state index >= 15 is 0 Å². The fourth-order valence-corrected chi connectivity index (χ4v) is 7.26. The largest absolute Gasteiger partial charge is 0.507 e. The van der Waals surface area contributed by atoms with Crippen molar-refractivity contribution in [3.8, 4) is 29.1 Å². The van der Waals surface area contributed by atoms with E-state index in [0.29, 0.717) is 43.2 Å². The molecule has 2 bridgehead atoms. The van der Waals surface area contributed by atoms with Gasteiger partial charge in [0, 0.05) is 40.9 Å². The van der Waals surface area contributed by atoms with E-state index in [0.717, 1.165) is 44.7 Å². The summed E-state index contributed by atoms with van der Waals surface area (Å²) in [5.74, 6) is 2.53. The maximum atomic E-state index is 11.4. The highest BCUT2D eigenvalue weighted by atomic mass is 16.7. The summed E-state index contributed by atoms with van der Waals surface area (Å²) in [5, 5.41) is 22.0. The summed E-state index contributed by atoms with van der Waals surface area (Å²) in [5.41, 5.74) is 13.5. The van der Waals surface area contributed by atoms with Gasteiger partial charge in [0.1, 0.15) is 24.1 Å². The number of nitriles is 1. The molecule has 4 aliphatic heterocycles. The first-order chi connectivity index (χ1) is 17.8. The molecule has 2 aromatic rings. The number of hydrogen-bond donors (Lipinski definition) is 2. The minimum atomic E-state index is -0.373. The molecule has 37 heavy (non-hydrogen) atoms. The molecule has 0 spiro atoms. The molecular formula is C29H34N4O4. The maximum Gasteiger partial charge on any atom is 0.231 e. The molecule has 0 amide bonds. The smallest absolute Gasteiger partial charge is 0.231 e. The van der Waals surface area contributed by atoms with Gasteiger partial charge in [-0.15, -0.1) is 0 Å². The Morgan fingerprint density at radius 2 is 1.95 bits per heavy atom. The van der Waals surface area contributed by atoms with Gasteiger partial charge in [-0.25, -0.2) is 0 Å². The van der Waals surface area contributed by atoms with Crippen LogP contribution >= 0.6 is 0 Å². The Morgan fingerprint density at radius 1 is 1.19 bits per heavy atom. The van der Waals surface area contributed by atoms with Crippen molar-refractivity contribution >= 4 is 0 Å². The van der Waals surface area contributed by atoms with Crippen LogP contribution < -0.4 is 19.9 Å². The molecule has 2 aromatic carbocycles. The van der Waals surface area contributed by atoms with Crippen molar-refractivity contribution in [2.45, 2.75) is 63.8 Å². The van der Waals surface area contributed by atoms with Crippen LogP contribution in [0.3, 0.4) is 0 Å². The lowest BCUT2D eigenvalue weighted by atomic mass is 9.71. The normalized spacial score (nSPS) is 27.6. The number of fused-ring (bicyclic) bond motifs is 9. The van der Waals surface area contributed by atoms with Crippen LogP contribution in [0.5, 0.6) is 23.0 Å². The number of likely N-dealkylation sites (N-methyl/N-ethyl adjacent to an activating group) is 1. The van der Waals surface area contributed by atoms with E-state index < -0.39 is 0 Å². The Kier molecular flexibility index (Phi) is 5.64. The van der Waals surface area contributed by atoms with Gasteiger partial charge in [0.15, 0.2) is 11.5 Å². The van der Waals surface area contributed by atoms with Gasteiger partial charge >= 0.3 is 0 Å². The summed E-state index contributed by atoms with van der Waals surface area (Å²) >= 11 is 0. The first-order valence-electron chi connectivity index (χ1n) is 12.9. The van der Waals surface area contributed by atoms with Crippen LogP contribution in [0.1, 0.15) is 51.0 Å². The van der Waals surface area contributed by atoms with Crippen LogP contribution in [0.2, 0.25) is 0 Å². The predicted molar refractivity (Wildman–Crippen MR) is 139 cm³/mol. The van der Waals surface area contributed by atoms with Crippen molar-refractivity contribution in [3.05, 3.63) is 57.7 Å². The quantitative estimate of drug-likeness (QED) is 0.614. The van der Waals surface area contributed by atoms with Gasteiger partial charge < -0.3 is 25.1 Å². The van der Waals surface area contributed by atoms with E-state index in [1.165, 1.54) is 0 Å². The van der Waals surface area contributed by atoms with Crippen LogP contribution in [0.25, 0.3) is 0 Å². The lowest BCUT2D eigenvalue weighted by molar-refractivity contribution is -0.0710. The summed E-state index contributed by atoms with van der Waals surface area (Å²) in [6, 6.07) is 3.98. The van der Waals surface area contributed by atoms with Crippen LogP contribution in [0, 0.1) is 32.1 Å². The number of nitrogens with zero attached hydrogens (tertiary/aromatic N) is 3. The summed E-state index contributed by atoms with van der Waals surface area (Å²) < 4.78 is 18.2. The van der Waals surface area contributed by atoms with E-state index in [1.54, 1.807) is 6.08 Å². The molecule has 6 rings (SSSR count). The van der Waals surface area contributed by atoms with Crippen LogP contribution in [-0.4, -0.2) is 60.0 Å². The summed E-state index contributed by atoms with van der Waals surface area (Å²) in [7, 11) is 2.08. The van der Waals surface area contributed by atoms with Crippen molar-refractivity contribution in [2.24, 2.45) is 5.73 Å². The number of phenols is 1. The Bertz CT molecular complexity index is 1350. The third-order valence-electron chi connectivity index (χ3n) is 9.00. The fraction of sp³-hybridized carbons (Fsp3) is 0.483. The number of ether oxygens (including phenoxy) is 3. The number of phenolic OH excluding ortho intramolecular Hbond substituents is 1. The molecule has 3 N–H and O–H groups in total. The minimum Gasteiger partial charge on any atom is -0.507 e. The van der Waals surface area contributed by atoms with Crippen LogP contribution in [0.15, 0.2) is 18.7 Å². The second kappa shape index (κ2) is 8.66. The zero-order chi connectivity index (χ0) is 26.2. The molecule has 8 nitrogen and oxygen atoms in total. The number of aromatic hydroxyl groups is 1. The van der Waals surface area contributed by atoms with E-state index in [9.17, 15) is 10.4 Å². The topological polar surface area (TPSA) is 104 Å². The van der Waals surface area contributed by atoms with Gasteiger partial charge in [-0.2, -0.15) is 5.26 Å². The van der Waals surface area contributed by atoms with Crippen molar-refractivity contribution in [2.75, 3.05) is 27.0 Å². The first-order valence-corrected chi connectivity index (χ1v) is 12.9. The van der Waals surface area contributed by atoms with Crippen molar-refractivity contribution in [3.63, 3.8) is 0 Å². The lowest BCUT2D eigenvalue weighted by Crippen LogP contribution is -2.68. The second-order valence-electron chi connectivity index (χ2n) is 10.7. The van der Waals surface area contributed by atoms with Gasteiger partial charge in [0.05, 0.1) is 18.2 Å². The molecule has 5 atom stereocenters. The van der Waals surface area contributed by atoms with E-state index in [4.69, 9.17) is 19.9 Å². The molecule has 4 aliphatic rings. The van der Waals surface area contributed by atoms with E-state index in [2.05, 4.69) is 35.6 Å². The van der Waals surface area contributed by atoms with Gasteiger partial charge in [-0.3, -0.25) is 9.80 Å². The molecule has 2 unspecified atom stereocenters. The monoisotopic (exact) mass is 502 g/mol. The summed E-state index contributed by atoms with van der Waals surface area (Å²) in [6.07, 6.45) is 3.06. The average molecular weight is 503 g/mol. The third-order valence-corrected chi connectivity index (χ3v) is 9.00. The Morgan fingerprint density at radius 3 is 2.65 bits per heavy atom. The molecule has 1 fully saturated rings. The molecule has 0 saturated carbocycles. The number of aryl methyl sites for hydroxylation is 1. The summed E-state index contributed by atoms with van der Waals surface area (Å²) in [6.45, 7) is 10.7. The third kappa shape index (κ3) is 3.18. The van der Waals surface area contributed by atoms with E-state index in [-0.39, 0.29) is 37.0 Å². The zero-order valence-electron chi connectivity index (χ0n) is 21.9. The number of rotatable bonds is 4. The highest BCUT2D eigenvalue weighted by molar-refractivity contribution is 5.66. The number of nitrogens with two attached hydrogens (primary N) is 1. The van der Waals surface area contributed by atoms with Gasteiger partial charge in [0.2, 0.25) is 6.79 Å². The molecule has 194 valence electrons. The minimum absolute atomic E-state index is 0.0250. The first kappa shape index (κ1) is 24.1. The lowest BCUT2D eigenvalue weighted by Gasteiger charge is -2.60. The molecule has 8 heteroatoms. The highest BCUT2D eigenvalue weighted by Gasteiger charge is 2.56. The van der Waals surface area contributed by atoms with Gasteiger partial charge in [0.25, 0.3) is 0 Å². The molecule has 0 radical (unpaired) electrons. The Balaban J connectivity index is 1.61. The van der Waals surface area contributed by atoms with Crippen LogP contribution in [-0.2, 0) is 12.8 Å². The fourth-order valence-electron chi connectivity index (χ4n) is 7.26. The molecule has 0 aromatic heterocycles. The molecular weight excluding hydrogens is 468 g/mol. The van der Waals surface area contributed by atoms with Crippen LogP contribution in [0.4, 0.5) is 0 Å². The van der Waals surface area contributed by atoms with Crippen molar-refractivity contribution in [1.82, 2.24) is 9.80 Å². The molecule has 1 saturated heterocycles. The number of hydrogen-bond acceptors (Lipinski definition) is 8. The number of piperazine rings is 1. The number of benzene rings is 2. The highest BCUT2D eigenvalue weighted by Crippen LogP contribution is 2.57. The molecule has 4 heterocycles. The predicted octanol–water partition coefficient (Wildman–Crippen LogP) is 3.34. The summed E-state index contributed by atoms with van der Waals surface area (Å²) in [4.78, 5) is 4.60. The SMILES string of the molecule is C=CCOc1c(C)c2c(c3c1CC1C4c5c(cc(C)c(C)c5O)C[C@@H]([C@H](C#N)N1[C@H]3CN)N4C)OCO2.